The molecule has 3 heterocycles. The van der Waals surface area contributed by atoms with Crippen molar-refractivity contribution in [3.63, 3.8) is 0 Å². The fourth-order valence-corrected chi connectivity index (χ4v) is 4.32. The average Bonchev–Trinajstić information content (AvgIpc) is 3.19. The topological polar surface area (TPSA) is 68.5 Å². The number of nitrogens with one attached hydrogen (secondary N) is 1. The van der Waals surface area contributed by atoms with Gasteiger partial charge in [-0.05, 0) is 47.2 Å². The summed E-state index contributed by atoms with van der Waals surface area (Å²) in [6.07, 6.45) is 4.62. The smallest absolute Gasteiger partial charge is 0.139 e. The molecule has 0 radical (unpaired) electrons. The molecule has 0 saturated carbocycles. The van der Waals surface area contributed by atoms with Crippen LogP contribution in [-0.2, 0) is 18.9 Å². The molecule has 5 aromatic rings. The van der Waals surface area contributed by atoms with Crippen LogP contribution in [0, 0.1) is 6.92 Å². The summed E-state index contributed by atoms with van der Waals surface area (Å²) in [6.45, 7) is 10.7. The largest absolute Gasteiger partial charge is 0.325 e. The van der Waals surface area contributed by atoms with Crippen molar-refractivity contribution in [2.75, 3.05) is 5.32 Å². The van der Waals surface area contributed by atoms with Gasteiger partial charge in [0.1, 0.15) is 17.5 Å². The number of benzene rings is 2. The van der Waals surface area contributed by atoms with Crippen molar-refractivity contribution >= 4 is 33.3 Å². The van der Waals surface area contributed by atoms with Crippen LogP contribution in [0.15, 0.2) is 54.9 Å². The first-order valence-corrected chi connectivity index (χ1v) is 11.7. The lowest BCUT2D eigenvalue weighted by Crippen LogP contribution is -2.12. The third kappa shape index (κ3) is 3.89. The third-order valence-electron chi connectivity index (χ3n) is 6.28. The van der Waals surface area contributed by atoms with E-state index in [-0.39, 0.29) is 5.41 Å². The normalized spacial score (nSPS) is 11.9. The highest BCUT2D eigenvalue weighted by atomic mass is 15.3. The maximum Gasteiger partial charge on any atom is 0.139 e. The molecule has 5 rings (SSSR count). The van der Waals surface area contributed by atoms with Crippen molar-refractivity contribution < 1.29 is 0 Å². The van der Waals surface area contributed by atoms with Gasteiger partial charge in [-0.15, -0.1) is 0 Å². The quantitative estimate of drug-likeness (QED) is 0.339. The third-order valence-corrected chi connectivity index (χ3v) is 6.28. The van der Waals surface area contributed by atoms with Crippen LogP contribution in [0.3, 0.4) is 0 Å². The lowest BCUT2D eigenvalue weighted by atomic mass is 9.92. The summed E-state index contributed by atoms with van der Waals surface area (Å²) in [5.41, 5.74) is 5.56. The van der Waals surface area contributed by atoms with Gasteiger partial charge >= 0.3 is 0 Å². The molecule has 0 saturated heterocycles. The number of fused-ring (bicyclic) bond motifs is 2. The predicted molar refractivity (Wildman–Crippen MR) is 140 cm³/mol. The van der Waals surface area contributed by atoms with Gasteiger partial charge in [0.2, 0.25) is 0 Å². The zero-order valence-electron chi connectivity index (χ0n) is 20.6. The minimum absolute atomic E-state index is 0.0220. The Morgan fingerprint density at radius 2 is 1.79 bits per heavy atom. The molecule has 0 unspecified atom stereocenters. The predicted octanol–water partition coefficient (Wildman–Crippen LogP) is 6.49. The Bertz CT molecular complexity index is 1520. The van der Waals surface area contributed by atoms with Crippen molar-refractivity contribution in [3.8, 4) is 11.1 Å². The highest BCUT2D eigenvalue weighted by Gasteiger charge is 2.20. The molecule has 6 nitrogen and oxygen atoms in total. The summed E-state index contributed by atoms with van der Waals surface area (Å²) in [5, 5.41) is 11.5. The molecular formula is C28H30N6. The minimum Gasteiger partial charge on any atom is -0.325 e. The number of hydrogen-bond donors (Lipinski definition) is 1. The summed E-state index contributed by atoms with van der Waals surface area (Å²) in [6, 6.07) is 14.9. The Hall–Kier alpha value is -3.80. The lowest BCUT2D eigenvalue weighted by Gasteiger charge is -2.15. The minimum atomic E-state index is -0.0220. The molecule has 0 amide bonds. The van der Waals surface area contributed by atoms with Crippen molar-refractivity contribution in [2.24, 2.45) is 7.05 Å². The van der Waals surface area contributed by atoms with Crippen molar-refractivity contribution in [2.45, 2.75) is 46.5 Å². The molecule has 1 N–H and O–H groups in total. The fraction of sp³-hybridized carbons (Fsp3) is 0.286. The van der Waals surface area contributed by atoms with E-state index in [4.69, 9.17) is 5.10 Å². The molecule has 0 aliphatic rings. The first-order chi connectivity index (χ1) is 16.2. The van der Waals surface area contributed by atoms with Gasteiger partial charge in [-0.2, -0.15) is 5.10 Å². The second-order valence-corrected chi connectivity index (χ2v) is 9.84. The molecule has 0 aliphatic carbocycles. The Morgan fingerprint density at radius 3 is 2.53 bits per heavy atom. The van der Waals surface area contributed by atoms with Crippen LogP contribution in [0.4, 0.5) is 11.6 Å². The molecule has 0 fully saturated rings. The van der Waals surface area contributed by atoms with Crippen LogP contribution in [0.5, 0.6) is 0 Å². The Morgan fingerprint density at radius 1 is 0.971 bits per heavy atom. The van der Waals surface area contributed by atoms with E-state index in [1.54, 1.807) is 0 Å². The molecule has 3 aromatic heterocycles. The molecule has 0 aliphatic heterocycles. The van der Waals surface area contributed by atoms with E-state index < -0.39 is 0 Å². The number of anilines is 2. The number of hydrogen-bond acceptors (Lipinski definition) is 5. The van der Waals surface area contributed by atoms with Gasteiger partial charge in [0.05, 0.1) is 11.2 Å². The van der Waals surface area contributed by atoms with E-state index in [0.717, 1.165) is 56.8 Å². The SMILES string of the molecule is CCc1ncc2cc(-c3c(C)ccc4c(Nc5cc(C(C)(C)C)nn5C)nccc34)ccc2n1. The highest BCUT2D eigenvalue weighted by molar-refractivity contribution is 6.04. The maximum absolute atomic E-state index is 4.69. The van der Waals surface area contributed by atoms with E-state index in [1.165, 1.54) is 11.1 Å². The molecule has 0 spiro atoms. The Labute approximate surface area is 200 Å². The molecule has 6 heteroatoms. The molecule has 0 atom stereocenters. The first-order valence-electron chi connectivity index (χ1n) is 11.7. The number of nitrogens with zero attached hydrogens (tertiary/aromatic N) is 5. The van der Waals surface area contributed by atoms with Crippen molar-refractivity contribution in [1.82, 2.24) is 24.7 Å². The van der Waals surface area contributed by atoms with Gasteiger partial charge in [-0.3, -0.25) is 4.68 Å². The fourth-order valence-electron chi connectivity index (χ4n) is 4.32. The molecule has 2 aromatic carbocycles. The van der Waals surface area contributed by atoms with Crippen LogP contribution >= 0.6 is 0 Å². The monoisotopic (exact) mass is 450 g/mol. The summed E-state index contributed by atoms with van der Waals surface area (Å²) >= 11 is 0. The van der Waals surface area contributed by atoms with Gasteiger partial charge in [0, 0.05) is 48.1 Å². The highest BCUT2D eigenvalue weighted by Crippen LogP contribution is 2.36. The molecular weight excluding hydrogens is 420 g/mol. The van der Waals surface area contributed by atoms with E-state index in [0.29, 0.717) is 0 Å². The van der Waals surface area contributed by atoms with Gasteiger partial charge in [0.25, 0.3) is 0 Å². The molecule has 172 valence electrons. The Kier molecular flexibility index (Phi) is 5.31. The van der Waals surface area contributed by atoms with Crippen molar-refractivity contribution in [3.05, 3.63) is 71.9 Å². The Balaban J connectivity index is 1.62. The maximum atomic E-state index is 4.69. The van der Waals surface area contributed by atoms with Crippen LogP contribution in [0.1, 0.15) is 44.8 Å². The van der Waals surface area contributed by atoms with Gasteiger partial charge in [-0.25, -0.2) is 15.0 Å². The number of aryl methyl sites for hydroxylation is 3. The van der Waals surface area contributed by atoms with Gasteiger partial charge in [0.15, 0.2) is 0 Å². The van der Waals surface area contributed by atoms with Gasteiger partial charge < -0.3 is 5.32 Å². The number of pyridine rings is 1. The van der Waals surface area contributed by atoms with Gasteiger partial charge in [-0.1, -0.05) is 45.9 Å². The summed E-state index contributed by atoms with van der Waals surface area (Å²) < 4.78 is 1.88. The van der Waals surface area contributed by atoms with E-state index >= 15 is 0 Å². The zero-order valence-corrected chi connectivity index (χ0v) is 20.6. The standard InChI is InChI=1S/C28H30N6/c1-7-24-30-16-19-14-18(9-11-22(19)31-24)26-17(2)8-10-21-20(26)12-13-29-27(21)32-25-15-23(28(3,4)5)33-34(25)6/h8-16H,7H2,1-6H3,(H,29,32). The second kappa shape index (κ2) is 8.20. The van der Waals surface area contributed by atoms with E-state index in [9.17, 15) is 0 Å². The molecule has 0 bridgehead atoms. The van der Waals surface area contributed by atoms with E-state index in [2.05, 4.69) is 97.4 Å². The van der Waals surface area contributed by atoms with E-state index in [1.807, 2.05) is 24.1 Å². The van der Waals surface area contributed by atoms with Crippen molar-refractivity contribution in [1.29, 1.82) is 0 Å². The molecule has 34 heavy (non-hydrogen) atoms. The number of aromatic nitrogens is 5. The summed E-state index contributed by atoms with van der Waals surface area (Å²) in [4.78, 5) is 13.8. The number of rotatable bonds is 4. The van der Waals surface area contributed by atoms with Crippen LogP contribution in [-0.4, -0.2) is 24.7 Å². The first kappa shape index (κ1) is 22.0. The zero-order chi connectivity index (χ0) is 24.0. The lowest BCUT2D eigenvalue weighted by molar-refractivity contribution is 0.553. The average molecular weight is 451 g/mol. The van der Waals surface area contributed by atoms with Crippen LogP contribution in [0.2, 0.25) is 0 Å². The second-order valence-electron chi connectivity index (χ2n) is 9.84. The summed E-state index contributed by atoms with van der Waals surface area (Å²) in [5.74, 6) is 2.61. The van der Waals surface area contributed by atoms with Crippen LogP contribution in [0.25, 0.3) is 32.8 Å². The summed E-state index contributed by atoms with van der Waals surface area (Å²) in [7, 11) is 1.96. The van der Waals surface area contributed by atoms with Crippen LogP contribution < -0.4 is 5.32 Å².